The molecule has 2 aromatic rings. The lowest BCUT2D eigenvalue weighted by atomic mass is 9.79. The fraction of sp³-hybridized carbons (Fsp3) is 0.391. The highest BCUT2D eigenvalue weighted by Crippen LogP contribution is 2.43. The van der Waals surface area contributed by atoms with E-state index in [-0.39, 0.29) is 11.4 Å². The van der Waals surface area contributed by atoms with Crippen LogP contribution in [0.25, 0.3) is 0 Å². The predicted molar refractivity (Wildman–Crippen MR) is 118 cm³/mol. The van der Waals surface area contributed by atoms with E-state index in [1.165, 1.54) is 11.3 Å². The average Bonchev–Trinajstić information content (AvgIpc) is 2.62. The summed E-state index contributed by atoms with van der Waals surface area (Å²) in [5.41, 5.74) is 8.10. The third kappa shape index (κ3) is 4.07. The topological polar surface area (TPSA) is 44.7 Å². The summed E-state index contributed by atoms with van der Waals surface area (Å²) in [6.45, 7) is 12.2. The lowest BCUT2D eigenvalue weighted by Crippen LogP contribution is -2.48. The maximum Gasteiger partial charge on any atom is 0.271 e. The molecule has 0 fully saturated rings. The van der Waals surface area contributed by atoms with Crippen LogP contribution in [-0.4, -0.2) is 24.2 Å². The Morgan fingerprint density at radius 2 is 2.00 bits per heavy atom. The molecule has 1 amide bonds. The van der Waals surface area contributed by atoms with E-state index < -0.39 is 0 Å². The first-order valence-corrected chi connectivity index (χ1v) is 10.1. The molecule has 0 radical (unpaired) electrons. The second-order valence-electron chi connectivity index (χ2n) is 8.14. The fourth-order valence-corrected chi connectivity index (χ4v) is 4.34. The molecule has 1 aliphatic rings. The number of anilines is 1. The summed E-state index contributed by atoms with van der Waals surface area (Å²) in [7, 11) is 0. The van der Waals surface area contributed by atoms with Crippen LogP contribution in [0, 0.1) is 6.92 Å². The number of benzene rings is 2. The van der Waals surface area contributed by atoms with Crippen LogP contribution in [0.5, 0.6) is 0 Å². The SMILES string of the molecule is CCN1c2cc(C)c(/C=N/NC(=O)c3ccc(Cl)cc3)cc2C(C)CC1(C)C. The summed E-state index contributed by atoms with van der Waals surface area (Å²) in [6, 6.07) is 11.2. The van der Waals surface area contributed by atoms with Crippen molar-refractivity contribution in [2.45, 2.75) is 52.5 Å². The van der Waals surface area contributed by atoms with E-state index in [4.69, 9.17) is 11.6 Å². The number of fused-ring (bicyclic) bond motifs is 1. The number of carbonyl (C=O) groups excluding carboxylic acids is 1. The molecule has 148 valence electrons. The van der Waals surface area contributed by atoms with Crippen LogP contribution in [-0.2, 0) is 0 Å². The smallest absolute Gasteiger partial charge is 0.271 e. The van der Waals surface area contributed by atoms with Gasteiger partial charge < -0.3 is 4.90 Å². The van der Waals surface area contributed by atoms with E-state index in [0.29, 0.717) is 16.5 Å². The maximum absolute atomic E-state index is 12.2. The Labute approximate surface area is 172 Å². The molecule has 2 aromatic carbocycles. The van der Waals surface area contributed by atoms with E-state index in [9.17, 15) is 4.79 Å². The van der Waals surface area contributed by atoms with Gasteiger partial charge in [-0.2, -0.15) is 5.10 Å². The second-order valence-corrected chi connectivity index (χ2v) is 8.57. The first kappa shape index (κ1) is 20.4. The van der Waals surface area contributed by atoms with Crippen LogP contribution in [0.2, 0.25) is 5.02 Å². The third-order valence-corrected chi connectivity index (χ3v) is 5.82. The molecule has 3 rings (SSSR count). The second kappa shape index (κ2) is 7.96. The van der Waals surface area contributed by atoms with Gasteiger partial charge in [-0.1, -0.05) is 18.5 Å². The zero-order valence-corrected chi connectivity index (χ0v) is 18.0. The Morgan fingerprint density at radius 3 is 2.64 bits per heavy atom. The summed E-state index contributed by atoms with van der Waals surface area (Å²) >= 11 is 5.86. The molecule has 0 saturated heterocycles. The van der Waals surface area contributed by atoms with Crippen molar-refractivity contribution in [3.63, 3.8) is 0 Å². The number of halogens is 1. The molecule has 0 spiro atoms. The molecule has 1 aliphatic heterocycles. The molecule has 1 atom stereocenters. The largest absolute Gasteiger partial charge is 0.366 e. The third-order valence-electron chi connectivity index (χ3n) is 5.57. The van der Waals surface area contributed by atoms with Crippen LogP contribution in [0.15, 0.2) is 41.5 Å². The van der Waals surface area contributed by atoms with Crippen LogP contribution in [0.3, 0.4) is 0 Å². The van der Waals surface area contributed by atoms with E-state index in [1.54, 1.807) is 30.5 Å². The predicted octanol–water partition coefficient (Wildman–Crippen LogP) is 5.52. The van der Waals surface area contributed by atoms with Gasteiger partial charge in [0.1, 0.15) is 0 Å². The maximum atomic E-state index is 12.2. The van der Waals surface area contributed by atoms with Crippen molar-refractivity contribution in [2.75, 3.05) is 11.4 Å². The van der Waals surface area contributed by atoms with Gasteiger partial charge in [-0.25, -0.2) is 5.43 Å². The fourth-order valence-electron chi connectivity index (χ4n) is 4.21. The lowest BCUT2D eigenvalue weighted by molar-refractivity contribution is 0.0955. The molecular formula is C23H28ClN3O. The van der Waals surface area contributed by atoms with Crippen molar-refractivity contribution in [3.8, 4) is 0 Å². The van der Waals surface area contributed by atoms with E-state index in [2.05, 4.69) is 62.2 Å². The van der Waals surface area contributed by atoms with Crippen LogP contribution < -0.4 is 10.3 Å². The van der Waals surface area contributed by atoms with Gasteiger partial charge in [-0.3, -0.25) is 4.79 Å². The molecular weight excluding hydrogens is 370 g/mol. The van der Waals surface area contributed by atoms with E-state index in [0.717, 1.165) is 24.1 Å². The first-order chi connectivity index (χ1) is 13.2. The van der Waals surface area contributed by atoms with Crippen LogP contribution in [0.4, 0.5) is 5.69 Å². The van der Waals surface area contributed by atoms with Gasteiger partial charge in [0.05, 0.1) is 6.21 Å². The molecule has 1 N–H and O–H groups in total. The van der Waals surface area contributed by atoms with Gasteiger partial charge in [0.2, 0.25) is 0 Å². The number of hydrazone groups is 1. The highest BCUT2D eigenvalue weighted by Gasteiger charge is 2.35. The minimum Gasteiger partial charge on any atom is -0.366 e. The molecule has 0 aliphatic carbocycles. The van der Waals surface area contributed by atoms with E-state index in [1.807, 2.05) is 0 Å². The molecule has 0 saturated carbocycles. The van der Waals surface area contributed by atoms with Gasteiger partial charge in [0, 0.05) is 28.4 Å². The van der Waals surface area contributed by atoms with Crippen molar-refractivity contribution in [1.29, 1.82) is 0 Å². The minimum absolute atomic E-state index is 0.149. The van der Waals surface area contributed by atoms with Crippen LogP contribution in [0.1, 0.15) is 67.1 Å². The van der Waals surface area contributed by atoms with Gasteiger partial charge in [-0.05, 0) is 93.1 Å². The number of amides is 1. The monoisotopic (exact) mass is 397 g/mol. The molecule has 1 unspecified atom stereocenters. The highest BCUT2D eigenvalue weighted by atomic mass is 35.5. The van der Waals surface area contributed by atoms with Gasteiger partial charge >= 0.3 is 0 Å². The number of hydrogen-bond donors (Lipinski definition) is 1. The Kier molecular flexibility index (Phi) is 5.80. The number of hydrogen-bond acceptors (Lipinski definition) is 3. The summed E-state index contributed by atoms with van der Waals surface area (Å²) in [6.07, 6.45) is 2.84. The van der Waals surface area contributed by atoms with Crippen molar-refractivity contribution in [1.82, 2.24) is 5.43 Å². The minimum atomic E-state index is -0.254. The Morgan fingerprint density at radius 1 is 1.32 bits per heavy atom. The number of aryl methyl sites for hydroxylation is 1. The van der Waals surface area contributed by atoms with Gasteiger partial charge in [-0.15, -0.1) is 0 Å². The number of nitrogens with one attached hydrogen (secondary N) is 1. The Bertz CT molecular complexity index is 903. The molecule has 28 heavy (non-hydrogen) atoms. The first-order valence-electron chi connectivity index (χ1n) is 9.74. The van der Waals surface area contributed by atoms with Crippen molar-refractivity contribution in [3.05, 3.63) is 63.7 Å². The summed E-state index contributed by atoms with van der Waals surface area (Å²) in [5, 5.41) is 4.77. The summed E-state index contributed by atoms with van der Waals surface area (Å²) in [4.78, 5) is 14.7. The van der Waals surface area contributed by atoms with E-state index >= 15 is 0 Å². The quantitative estimate of drug-likeness (QED) is 0.545. The Hall–Kier alpha value is -2.33. The lowest BCUT2D eigenvalue weighted by Gasteiger charge is -2.47. The molecule has 5 heteroatoms. The zero-order chi connectivity index (χ0) is 20.5. The molecule has 4 nitrogen and oxygen atoms in total. The number of carbonyl (C=O) groups is 1. The summed E-state index contributed by atoms with van der Waals surface area (Å²) in [5.74, 6) is 0.222. The zero-order valence-electron chi connectivity index (χ0n) is 17.2. The average molecular weight is 398 g/mol. The van der Waals surface area contributed by atoms with Crippen molar-refractivity contribution in [2.24, 2.45) is 5.10 Å². The van der Waals surface area contributed by atoms with Gasteiger partial charge in [0.25, 0.3) is 5.91 Å². The van der Waals surface area contributed by atoms with Gasteiger partial charge in [0.15, 0.2) is 0 Å². The Balaban J connectivity index is 1.82. The standard InChI is InChI=1S/C23H28ClN3O/c1-6-27-21-11-15(2)18(12-20(21)16(3)13-23(27,4)5)14-25-26-22(28)17-7-9-19(24)10-8-17/h7-12,14,16H,6,13H2,1-5H3,(H,26,28)/b25-14+. The number of nitrogens with zero attached hydrogens (tertiary/aromatic N) is 2. The number of rotatable bonds is 4. The molecule has 1 heterocycles. The van der Waals surface area contributed by atoms with Crippen LogP contribution >= 0.6 is 11.6 Å². The van der Waals surface area contributed by atoms with Crippen molar-refractivity contribution < 1.29 is 4.79 Å². The normalized spacial score (nSPS) is 18.2. The molecule has 0 bridgehead atoms. The van der Waals surface area contributed by atoms with Crippen molar-refractivity contribution >= 4 is 29.4 Å². The summed E-state index contributed by atoms with van der Waals surface area (Å²) < 4.78 is 0. The molecule has 0 aromatic heterocycles. The highest BCUT2D eigenvalue weighted by molar-refractivity contribution is 6.30.